The normalized spacial score (nSPS) is 10.3. The molecular formula is C19H17FN4O. The highest BCUT2D eigenvalue weighted by molar-refractivity contribution is 5.92. The van der Waals surface area contributed by atoms with Crippen LogP contribution in [0, 0.1) is 12.7 Å². The fraction of sp³-hybridized carbons (Fsp3) is 0.105. The van der Waals surface area contributed by atoms with Crippen molar-refractivity contribution in [3.63, 3.8) is 0 Å². The van der Waals surface area contributed by atoms with Crippen LogP contribution in [0.1, 0.15) is 21.6 Å². The van der Waals surface area contributed by atoms with Crippen LogP contribution in [0.4, 0.5) is 15.9 Å². The maximum absolute atomic E-state index is 12.9. The summed E-state index contributed by atoms with van der Waals surface area (Å²) in [6, 6.07) is 15.4. The fourth-order valence-corrected chi connectivity index (χ4v) is 2.21. The summed E-state index contributed by atoms with van der Waals surface area (Å²) in [6.45, 7) is 2.43. The summed E-state index contributed by atoms with van der Waals surface area (Å²) < 4.78 is 12.9. The Labute approximate surface area is 145 Å². The smallest absolute Gasteiger partial charge is 0.270 e. The van der Waals surface area contributed by atoms with E-state index >= 15 is 0 Å². The van der Waals surface area contributed by atoms with Crippen LogP contribution in [0.15, 0.2) is 60.9 Å². The van der Waals surface area contributed by atoms with Gasteiger partial charge in [-0.05, 0) is 36.8 Å². The number of hydrogen-bond donors (Lipinski definition) is 2. The third kappa shape index (κ3) is 4.60. The minimum Gasteiger partial charge on any atom is -0.347 e. The molecule has 0 unspecified atom stereocenters. The monoisotopic (exact) mass is 336 g/mol. The molecule has 1 aromatic heterocycles. The van der Waals surface area contributed by atoms with E-state index in [1.165, 1.54) is 24.0 Å². The molecule has 2 N–H and O–H groups in total. The van der Waals surface area contributed by atoms with Gasteiger partial charge in [-0.3, -0.25) is 4.79 Å². The van der Waals surface area contributed by atoms with E-state index in [0.717, 1.165) is 5.56 Å². The molecule has 5 nitrogen and oxygen atoms in total. The Hall–Kier alpha value is -3.28. The highest BCUT2D eigenvalue weighted by Gasteiger charge is 2.09. The zero-order chi connectivity index (χ0) is 17.6. The molecule has 0 saturated carbocycles. The molecule has 0 fully saturated rings. The van der Waals surface area contributed by atoms with E-state index in [1.54, 1.807) is 18.2 Å². The maximum Gasteiger partial charge on any atom is 0.270 e. The molecule has 0 aliphatic carbocycles. The summed E-state index contributed by atoms with van der Waals surface area (Å²) >= 11 is 0. The molecule has 3 aromatic rings. The van der Waals surface area contributed by atoms with Gasteiger partial charge in [0, 0.05) is 18.3 Å². The van der Waals surface area contributed by atoms with Crippen molar-refractivity contribution in [1.29, 1.82) is 0 Å². The Balaban J connectivity index is 1.64. The SMILES string of the molecule is Cc1ccc(CNC(=O)c2cc(Nc3ccc(F)cc3)ncn2)cc1. The van der Waals surface area contributed by atoms with Crippen molar-refractivity contribution in [2.75, 3.05) is 5.32 Å². The zero-order valence-electron chi connectivity index (χ0n) is 13.7. The molecule has 0 aliphatic heterocycles. The van der Waals surface area contributed by atoms with Gasteiger partial charge in [0.2, 0.25) is 0 Å². The van der Waals surface area contributed by atoms with Crippen LogP contribution in [-0.4, -0.2) is 15.9 Å². The number of rotatable bonds is 5. The van der Waals surface area contributed by atoms with Crippen LogP contribution >= 0.6 is 0 Å². The van der Waals surface area contributed by atoms with E-state index in [-0.39, 0.29) is 17.4 Å². The third-order valence-electron chi connectivity index (χ3n) is 3.59. The number of anilines is 2. The minimum atomic E-state index is -0.315. The van der Waals surface area contributed by atoms with E-state index < -0.39 is 0 Å². The van der Waals surface area contributed by atoms with Crippen molar-refractivity contribution >= 4 is 17.4 Å². The van der Waals surface area contributed by atoms with Crippen LogP contribution in [0.2, 0.25) is 0 Å². The summed E-state index contributed by atoms with van der Waals surface area (Å²) in [6.07, 6.45) is 1.31. The van der Waals surface area contributed by atoms with Gasteiger partial charge in [0.15, 0.2) is 0 Å². The second-order valence-electron chi connectivity index (χ2n) is 5.59. The number of aromatic nitrogens is 2. The molecule has 3 rings (SSSR count). The molecule has 0 aliphatic rings. The van der Waals surface area contributed by atoms with Crippen molar-refractivity contribution < 1.29 is 9.18 Å². The number of benzene rings is 2. The van der Waals surface area contributed by atoms with Gasteiger partial charge >= 0.3 is 0 Å². The molecule has 0 atom stereocenters. The van der Waals surface area contributed by atoms with E-state index in [0.29, 0.717) is 18.1 Å². The lowest BCUT2D eigenvalue weighted by Gasteiger charge is -2.08. The summed E-state index contributed by atoms with van der Waals surface area (Å²) in [5.74, 6) is -0.142. The average molecular weight is 336 g/mol. The molecule has 0 radical (unpaired) electrons. The average Bonchev–Trinajstić information content (AvgIpc) is 2.63. The van der Waals surface area contributed by atoms with E-state index in [1.807, 2.05) is 31.2 Å². The number of nitrogens with one attached hydrogen (secondary N) is 2. The van der Waals surface area contributed by atoms with Crippen molar-refractivity contribution in [1.82, 2.24) is 15.3 Å². The van der Waals surface area contributed by atoms with Crippen molar-refractivity contribution in [2.45, 2.75) is 13.5 Å². The zero-order valence-corrected chi connectivity index (χ0v) is 13.7. The highest BCUT2D eigenvalue weighted by atomic mass is 19.1. The number of carbonyl (C=O) groups is 1. The number of aryl methyl sites for hydroxylation is 1. The predicted molar refractivity (Wildman–Crippen MR) is 94.1 cm³/mol. The lowest BCUT2D eigenvalue weighted by molar-refractivity contribution is 0.0946. The van der Waals surface area contributed by atoms with Gasteiger partial charge in [-0.15, -0.1) is 0 Å². The van der Waals surface area contributed by atoms with E-state index in [4.69, 9.17) is 0 Å². The van der Waals surface area contributed by atoms with Crippen LogP contribution in [0.3, 0.4) is 0 Å². The Morgan fingerprint density at radius 2 is 1.76 bits per heavy atom. The molecule has 1 heterocycles. The lowest BCUT2D eigenvalue weighted by atomic mass is 10.1. The quantitative estimate of drug-likeness (QED) is 0.747. The molecule has 0 spiro atoms. The maximum atomic E-state index is 12.9. The van der Waals surface area contributed by atoms with Gasteiger partial charge in [0.25, 0.3) is 5.91 Å². The van der Waals surface area contributed by atoms with Crippen molar-refractivity contribution in [2.24, 2.45) is 0 Å². The number of halogens is 1. The molecular weight excluding hydrogens is 319 g/mol. The Kier molecular flexibility index (Phi) is 4.99. The van der Waals surface area contributed by atoms with Crippen LogP contribution in [-0.2, 0) is 6.54 Å². The first-order valence-electron chi connectivity index (χ1n) is 7.78. The molecule has 2 aromatic carbocycles. The Bertz CT molecular complexity index is 863. The molecule has 126 valence electrons. The van der Waals surface area contributed by atoms with Gasteiger partial charge in [0.1, 0.15) is 23.7 Å². The number of carbonyl (C=O) groups excluding carboxylic acids is 1. The Morgan fingerprint density at radius 3 is 2.48 bits per heavy atom. The molecule has 25 heavy (non-hydrogen) atoms. The van der Waals surface area contributed by atoms with Gasteiger partial charge < -0.3 is 10.6 Å². The minimum absolute atomic E-state index is 0.256. The van der Waals surface area contributed by atoms with Crippen LogP contribution < -0.4 is 10.6 Å². The first-order valence-corrected chi connectivity index (χ1v) is 7.78. The van der Waals surface area contributed by atoms with Gasteiger partial charge in [0.05, 0.1) is 0 Å². The summed E-state index contributed by atoms with van der Waals surface area (Å²) in [5.41, 5.74) is 3.11. The topological polar surface area (TPSA) is 66.9 Å². The number of nitrogens with zero attached hydrogens (tertiary/aromatic N) is 2. The third-order valence-corrected chi connectivity index (χ3v) is 3.59. The fourth-order valence-electron chi connectivity index (χ4n) is 2.21. The van der Waals surface area contributed by atoms with Crippen LogP contribution in [0.25, 0.3) is 0 Å². The van der Waals surface area contributed by atoms with E-state index in [2.05, 4.69) is 20.6 Å². The number of amides is 1. The van der Waals surface area contributed by atoms with Crippen molar-refractivity contribution in [3.05, 3.63) is 83.6 Å². The second-order valence-corrected chi connectivity index (χ2v) is 5.59. The second kappa shape index (κ2) is 7.53. The van der Waals surface area contributed by atoms with E-state index in [9.17, 15) is 9.18 Å². The van der Waals surface area contributed by atoms with Gasteiger partial charge in [-0.1, -0.05) is 29.8 Å². The first-order chi connectivity index (χ1) is 12.1. The Morgan fingerprint density at radius 1 is 1.04 bits per heavy atom. The standard InChI is InChI=1S/C19H17FN4O/c1-13-2-4-14(5-3-13)11-21-19(25)17-10-18(23-12-22-17)24-16-8-6-15(20)7-9-16/h2-10,12H,11H2,1H3,(H,21,25)(H,22,23,24). The summed E-state index contributed by atoms with van der Waals surface area (Å²) in [5, 5.41) is 5.84. The molecule has 6 heteroatoms. The predicted octanol–water partition coefficient (Wildman–Crippen LogP) is 3.60. The van der Waals surface area contributed by atoms with Crippen molar-refractivity contribution in [3.8, 4) is 0 Å². The molecule has 0 saturated heterocycles. The highest BCUT2D eigenvalue weighted by Crippen LogP contribution is 2.15. The molecule has 1 amide bonds. The first kappa shape index (κ1) is 16.6. The van der Waals surface area contributed by atoms with Crippen LogP contribution in [0.5, 0.6) is 0 Å². The largest absolute Gasteiger partial charge is 0.347 e. The van der Waals surface area contributed by atoms with Gasteiger partial charge in [-0.2, -0.15) is 0 Å². The van der Waals surface area contributed by atoms with Gasteiger partial charge in [-0.25, -0.2) is 14.4 Å². The molecule has 0 bridgehead atoms. The lowest BCUT2D eigenvalue weighted by Crippen LogP contribution is -2.24. The summed E-state index contributed by atoms with van der Waals surface area (Å²) in [4.78, 5) is 20.3. The summed E-state index contributed by atoms with van der Waals surface area (Å²) in [7, 11) is 0. The number of hydrogen-bond acceptors (Lipinski definition) is 4.